The Hall–Kier alpha value is -0.100. The highest BCUT2D eigenvalue weighted by Crippen LogP contribution is 2.28. The molecule has 0 atom stereocenters. The van der Waals surface area contributed by atoms with E-state index in [4.69, 9.17) is 5.73 Å². The number of halogens is 2. The molecule has 1 aromatic heterocycles. The third-order valence-corrected chi connectivity index (χ3v) is 5.33. The van der Waals surface area contributed by atoms with Gasteiger partial charge in [-0.05, 0) is 41.3 Å². The quantitative estimate of drug-likeness (QED) is 0.839. The maximum Gasteiger partial charge on any atom is 0.220 e. The van der Waals surface area contributed by atoms with Gasteiger partial charge in [0.1, 0.15) is 0 Å². The summed E-state index contributed by atoms with van der Waals surface area (Å²) in [6.07, 6.45) is 5.77. The van der Waals surface area contributed by atoms with Gasteiger partial charge in [0.25, 0.3) is 0 Å². The number of nitrogens with two attached hydrogens (primary N) is 1. The Morgan fingerprint density at radius 1 is 1.47 bits per heavy atom. The van der Waals surface area contributed by atoms with E-state index in [9.17, 15) is 4.79 Å². The first-order chi connectivity index (χ1) is 8.63. The van der Waals surface area contributed by atoms with Crippen LogP contribution in [0, 0.1) is 0 Å². The minimum atomic E-state index is -0.118. The Morgan fingerprint density at radius 3 is 2.68 bits per heavy atom. The van der Waals surface area contributed by atoms with Crippen molar-refractivity contribution < 1.29 is 4.79 Å². The first-order valence-corrected chi connectivity index (χ1v) is 8.05. The number of rotatable bonds is 5. The van der Waals surface area contributed by atoms with Crippen LogP contribution in [0.25, 0.3) is 0 Å². The molecule has 19 heavy (non-hydrogen) atoms. The number of hydrogen-bond donors (Lipinski definition) is 2. The van der Waals surface area contributed by atoms with Gasteiger partial charge in [0.15, 0.2) is 0 Å². The van der Waals surface area contributed by atoms with Gasteiger partial charge in [-0.25, -0.2) is 0 Å². The summed E-state index contributed by atoms with van der Waals surface area (Å²) >= 11 is 5.11. The maximum atomic E-state index is 12.0. The SMILES string of the molecule is Cl.NCC1(NC(=O)CCc2cc(Br)cs2)CCCC1. The van der Waals surface area contributed by atoms with E-state index in [1.54, 1.807) is 11.3 Å². The summed E-state index contributed by atoms with van der Waals surface area (Å²) in [4.78, 5) is 13.2. The van der Waals surface area contributed by atoms with Gasteiger partial charge in [-0.2, -0.15) is 0 Å². The average Bonchev–Trinajstić information content (AvgIpc) is 2.97. The lowest BCUT2D eigenvalue weighted by Crippen LogP contribution is -2.51. The van der Waals surface area contributed by atoms with Gasteiger partial charge in [-0.1, -0.05) is 12.8 Å². The van der Waals surface area contributed by atoms with Crippen molar-refractivity contribution in [3.05, 3.63) is 20.8 Å². The maximum absolute atomic E-state index is 12.0. The highest BCUT2D eigenvalue weighted by molar-refractivity contribution is 9.10. The number of aryl methyl sites for hydroxylation is 1. The fourth-order valence-electron chi connectivity index (χ4n) is 2.51. The smallest absolute Gasteiger partial charge is 0.220 e. The molecule has 0 radical (unpaired) electrons. The average molecular weight is 368 g/mol. The molecule has 6 heteroatoms. The molecule has 0 aromatic carbocycles. The van der Waals surface area contributed by atoms with Crippen LogP contribution >= 0.6 is 39.7 Å². The molecule has 0 spiro atoms. The van der Waals surface area contributed by atoms with Gasteiger partial charge < -0.3 is 11.1 Å². The molecule has 1 aromatic rings. The summed E-state index contributed by atoms with van der Waals surface area (Å²) in [5.41, 5.74) is 5.69. The Morgan fingerprint density at radius 2 is 2.16 bits per heavy atom. The third-order valence-electron chi connectivity index (χ3n) is 3.58. The van der Waals surface area contributed by atoms with Crippen molar-refractivity contribution in [2.45, 2.75) is 44.1 Å². The summed E-state index contributed by atoms with van der Waals surface area (Å²) < 4.78 is 1.09. The number of thiophene rings is 1. The summed E-state index contributed by atoms with van der Waals surface area (Å²) in [6.45, 7) is 0.559. The Kier molecular flexibility index (Phi) is 6.80. The fourth-order valence-corrected chi connectivity index (χ4v) is 3.97. The van der Waals surface area contributed by atoms with Crippen molar-refractivity contribution in [2.24, 2.45) is 5.73 Å². The van der Waals surface area contributed by atoms with E-state index < -0.39 is 0 Å². The van der Waals surface area contributed by atoms with Gasteiger partial charge in [0.05, 0.1) is 5.54 Å². The first-order valence-electron chi connectivity index (χ1n) is 6.37. The molecule has 1 heterocycles. The molecule has 1 aliphatic rings. The van der Waals surface area contributed by atoms with Crippen molar-refractivity contribution in [3.8, 4) is 0 Å². The molecule has 2 rings (SSSR count). The molecule has 0 aliphatic heterocycles. The van der Waals surface area contributed by atoms with Crippen LogP contribution in [-0.2, 0) is 11.2 Å². The largest absolute Gasteiger partial charge is 0.349 e. The van der Waals surface area contributed by atoms with Crippen LogP contribution in [0.3, 0.4) is 0 Å². The van der Waals surface area contributed by atoms with Gasteiger partial charge in [0.2, 0.25) is 5.91 Å². The summed E-state index contributed by atoms with van der Waals surface area (Å²) in [6, 6.07) is 2.08. The van der Waals surface area contributed by atoms with Crippen LogP contribution in [0.4, 0.5) is 0 Å². The molecule has 0 bridgehead atoms. The monoisotopic (exact) mass is 366 g/mol. The van der Waals surface area contributed by atoms with E-state index in [1.807, 2.05) is 5.38 Å². The number of nitrogens with one attached hydrogen (secondary N) is 1. The van der Waals surface area contributed by atoms with Crippen molar-refractivity contribution in [1.82, 2.24) is 5.32 Å². The van der Waals surface area contributed by atoms with Crippen LogP contribution in [-0.4, -0.2) is 18.0 Å². The topological polar surface area (TPSA) is 55.1 Å². The molecular weight excluding hydrogens is 348 g/mol. The zero-order valence-electron chi connectivity index (χ0n) is 10.8. The van der Waals surface area contributed by atoms with Crippen LogP contribution in [0.2, 0.25) is 0 Å². The Balaban J connectivity index is 0.00000180. The molecule has 0 unspecified atom stereocenters. The second-order valence-corrected chi connectivity index (χ2v) is 6.88. The molecule has 1 fully saturated rings. The van der Waals surface area contributed by atoms with Crippen LogP contribution < -0.4 is 11.1 Å². The first kappa shape index (κ1) is 17.0. The van der Waals surface area contributed by atoms with Gasteiger partial charge in [-0.3, -0.25) is 4.79 Å². The lowest BCUT2D eigenvalue weighted by atomic mass is 9.97. The summed E-state index contributed by atoms with van der Waals surface area (Å²) in [5, 5.41) is 5.20. The third kappa shape index (κ3) is 4.74. The molecule has 3 nitrogen and oxygen atoms in total. The molecule has 1 amide bonds. The van der Waals surface area contributed by atoms with E-state index in [1.165, 1.54) is 17.7 Å². The van der Waals surface area contributed by atoms with E-state index >= 15 is 0 Å². The molecule has 108 valence electrons. The van der Waals surface area contributed by atoms with Crippen LogP contribution in [0.1, 0.15) is 37.0 Å². The highest BCUT2D eigenvalue weighted by atomic mass is 79.9. The number of amides is 1. The van der Waals surface area contributed by atoms with Crippen molar-refractivity contribution in [1.29, 1.82) is 0 Å². The predicted octanol–water partition coefficient (Wildman–Crippen LogP) is 3.25. The normalized spacial score (nSPS) is 16.9. The Labute approximate surface area is 132 Å². The van der Waals surface area contributed by atoms with Crippen LogP contribution in [0.5, 0.6) is 0 Å². The molecule has 1 saturated carbocycles. The second-order valence-electron chi connectivity index (χ2n) is 4.97. The van der Waals surface area contributed by atoms with Gasteiger partial charge in [0, 0.05) is 27.7 Å². The standard InChI is InChI=1S/C13H19BrN2OS.ClH/c14-10-7-11(18-8-10)3-4-12(17)16-13(9-15)5-1-2-6-13;/h7-8H,1-6,9,15H2,(H,16,17);1H. The molecular formula is C13H20BrClN2OS. The lowest BCUT2D eigenvalue weighted by Gasteiger charge is -2.28. The number of carbonyl (C=O) groups excluding carboxylic acids is 1. The predicted molar refractivity (Wildman–Crippen MR) is 86.0 cm³/mol. The fraction of sp³-hybridized carbons (Fsp3) is 0.615. The summed E-state index contributed by atoms with van der Waals surface area (Å²) in [7, 11) is 0. The number of hydrogen-bond acceptors (Lipinski definition) is 3. The molecule has 1 aliphatic carbocycles. The Bertz CT molecular complexity index is 419. The highest BCUT2D eigenvalue weighted by Gasteiger charge is 2.33. The zero-order chi connectivity index (χ0) is 13.0. The lowest BCUT2D eigenvalue weighted by molar-refractivity contribution is -0.122. The molecule has 0 saturated heterocycles. The zero-order valence-corrected chi connectivity index (χ0v) is 14.0. The molecule has 3 N–H and O–H groups in total. The van der Waals surface area contributed by atoms with Crippen molar-refractivity contribution >= 4 is 45.6 Å². The van der Waals surface area contributed by atoms with Gasteiger partial charge in [-0.15, -0.1) is 23.7 Å². The van der Waals surface area contributed by atoms with Crippen LogP contribution in [0.15, 0.2) is 15.9 Å². The van der Waals surface area contributed by atoms with E-state index in [-0.39, 0.29) is 23.9 Å². The minimum Gasteiger partial charge on any atom is -0.349 e. The van der Waals surface area contributed by atoms with Gasteiger partial charge >= 0.3 is 0 Å². The van der Waals surface area contributed by atoms with Crippen molar-refractivity contribution in [2.75, 3.05) is 6.54 Å². The minimum absolute atomic E-state index is 0. The van der Waals surface area contributed by atoms with E-state index in [0.29, 0.717) is 13.0 Å². The van der Waals surface area contributed by atoms with Crippen molar-refractivity contribution in [3.63, 3.8) is 0 Å². The van der Waals surface area contributed by atoms with E-state index in [0.717, 1.165) is 23.7 Å². The summed E-state index contributed by atoms with van der Waals surface area (Å²) in [5.74, 6) is 0.131. The van der Waals surface area contributed by atoms with E-state index in [2.05, 4.69) is 27.3 Å². The second kappa shape index (κ2) is 7.62. The number of carbonyl (C=O) groups is 1.